The molecule has 166 valence electrons. The van der Waals surface area contributed by atoms with Crippen LogP contribution in [0, 0.1) is 5.82 Å². The summed E-state index contributed by atoms with van der Waals surface area (Å²) in [5, 5.41) is 0. The summed E-state index contributed by atoms with van der Waals surface area (Å²) < 4.78 is 19.5. The van der Waals surface area contributed by atoms with Gasteiger partial charge in [-0.25, -0.2) is 4.39 Å². The summed E-state index contributed by atoms with van der Waals surface area (Å²) >= 11 is 0. The number of morpholine rings is 1. The van der Waals surface area contributed by atoms with Gasteiger partial charge in [-0.15, -0.1) is 0 Å². The molecule has 2 aromatic rings. The summed E-state index contributed by atoms with van der Waals surface area (Å²) in [6.45, 7) is 7.16. The molecule has 0 spiro atoms. The fourth-order valence-electron chi connectivity index (χ4n) is 4.44. The van der Waals surface area contributed by atoms with Crippen LogP contribution < -0.4 is 14.7 Å². The van der Waals surface area contributed by atoms with Crippen molar-refractivity contribution in [3.8, 4) is 0 Å². The number of benzene rings is 2. The number of carbonyl (C=O) groups excluding carboxylic acids is 1. The van der Waals surface area contributed by atoms with Gasteiger partial charge in [-0.1, -0.05) is 30.3 Å². The van der Waals surface area contributed by atoms with Crippen molar-refractivity contribution in [2.24, 2.45) is 0 Å². The Kier molecular flexibility index (Phi) is 7.04. The number of nitrogens with one attached hydrogen (secondary N) is 1. The molecule has 31 heavy (non-hydrogen) atoms. The minimum absolute atomic E-state index is 0.162. The van der Waals surface area contributed by atoms with Gasteiger partial charge in [0.1, 0.15) is 12.4 Å². The molecular weight excluding hydrogens is 395 g/mol. The number of anilines is 2. The van der Waals surface area contributed by atoms with Crippen LogP contribution in [0.4, 0.5) is 15.8 Å². The maximum atomic E-state index is 14.0. The van der Waals surface area contributed by atoms with E-state index < -0.39 is 0 Å². The Balaban J connectivity index is 1.30. The average Bonchev–Trinajstić information content (AvgIpc) is 2.80. The van der Waals surface area contributed by atoms with Gasteiger partial charge in [0, 0.05) is 50.5 Å². The first-order chi connectivity index (χ1) is 15.1. The number of halogens is 1. The first-order valence-electron chi connectivity index (χ1n) is 11.1. The first-order valence-corrected chi connectivity index (χ1v) is 11.1. The number of amides is 1. The molecule has 2 fully saturated rings. The van der Waals surface area contributed by atoms with E-state index in [-0.39, 0.29) is 11.7 Å². The summed E-state index contributed by atoms with van der Waals surface area (Å²) in [4.78, 5) is 20.4. The van der Waals surface area contributed by atoms with Crippen LogP contribution in [0.1, 0.15) is 5.56 Å². The minimum atomic E-state index is -0.203. The summed E-state index contributed by atoms with van der Waals surface area (Å²) in [5.74, 6) is -0.0417. The van der Waals surface area contributed by atoms with E-state index in [0.717, 1.165) is 32.8 Å². The molecule has 2 aromatic carbocycles. The second-order valence-electron chi connectivity index (χ2n) is 8.36. The van der Waals surface area contributed by atoms with Gasteiger partial charge in [0.05, 0.1) is 25.9 Å². The number of para-hydroxylation sites is 2. The summed E-state index contributed by atoms with van der Waals surface area (Å²) in [6.07, 6.45) is 0. The third-order valence-corrected chi connectivity index (χ3v) is 6.11. The molecule has 0 aromatic heterocycles. The molecule has 0 bridgehead atoms. The molecule has 7 heteroatoms. The van der Waals surface area contributed by atoms with Crippen LogP contribution in [0.3, 0.4) is 0 Å². The van der Waals surface area contributed by atoms with E-state index in [1.54, 1.807) is 12.1 Å². The molecule has 4 rings (SSSR count). The van der Waals surface area contributed by atoms with Crippen LogP contribution in [0.5, 0.6) is 0 Å². The number of hydrogen-bond donors (Lipinski definition) is 1. The van der Waals surface area contributed by atoms with Crippen molar-refractivity contribution < 1.29 is 18.8 Å². The molecule has 1 amide bonds. The zero-order valence-corrected chi connectivity index (χ0v) is 18.2. The standard InChI is InChI=1S/C24H31FN4O2/c1-26(18-20-6-2-4-8-22(20)28-14-16-31-17-15-28)19-24(30)29-12-10-27(11-13-29)23-9-5-3-7-21(23)25/h2-9H,10-19H2,1H3/p+1. The third kappa shape index (κ3) is 5.35. The quantitative estimate of drug-likeness (QED) is 0.748. The molecule has 6 nitrogen and oxygen atoms in total. The van der Waals surface area contributed by atoms with Crippen LogP contribution in [0.2, 0.25) is 0 Å². The predicted octanol–water partition coefficient (Wildman–Crippen LogP) is 1.03. The number of rotatable bonds is 6. The number of quaternary nitrogens is 1. The van der Waals surface area contributed by atoms with E-state index in [1.165, 1.54) is 22.2 Å². The van der Waals surface area contributed by atoms with Gasteiger partial charge in [0.2, 0.25) is 0 Å². The monoisotopic (exact) mass is 427 g/mol. The summed E-state index contributed by atoms with van der Waals surface area (Å²) in [5.41, 5.74) is 3.13. The van der Waals surface area contributed by atoms with Gasteiger partial charge in [0.15, 0.2) is 6.54 Å². The van der Waals surface area contributed by atoms with E-state index in [9.17, 15) is 9.18 Å². The highest BCUT2D eigenvalue weighted by atomic mass is 19.1. The lowest BCUT2D eigenvalue weighted by molar-refractivity contribution is -0.885. The smallest absolute Gasteiger partial charge is 0.277 e. The highest BCUT2D eigenvalue weighted by molar-refractivity contribution is 5.77. The number of piperazine rings is 1. The SMILES string of the molecule is C[NH+](CC(=O)N1CCN(c2ccccc2F)CC1)Cc1ccccc1N1CCOCC1. The topological polar surface area (TPSA) is 40.5 Å². The second-order valence-corrected chi connectivity index (χ2v) is 8.36. The van der Waals surface area contributed by atoms with Crippen molar-refractivity contribution in [1.29, 1.82) is 0 Å². The number of likely N-dealkylation sites (N-methyl/N-ethyl adjacent to an activating group) is 1. The Hall–Kier alpha value is -2.64. The lowest BCUT2D eigenvalue weighted by Crippen LogP contribution is -3.09. The van der Waals surface area contributed by atoms with Gasteiger partial charge >= 0.3 is 0 Å². The Morgan fingerprint density at radius 1 is 0.903 bits per heavy atom. The maximum Gasteiger partial charge on any atom is 0.277 e. The van der Waals surface area contributed by atoms with Gasteiger partial charge in [-0.3, -0.25) is 4.79 Å². The fraction of sp³-hybridized carbons (Fsp3) is 0.458. The predicted molar refractivity (Wildman–Crippen MR) is 120 cm³/mol. The van der Waals surface area contributed by atoms with Crippen molar-refractivity contribution in [1.82, 2.24) is 4.90 Å². The van der Waals surface area contributed by atoms with Crippen molar-refractivity contribution >= 4 is 17.3 Å². The molecule has 1 atom stereocenters. The van der Waals surface area contributed by atoms with Crippen molar-refractivity contribution in [2.75, 3.05) is 75.9 Å². The minimum Gasteiger partial charge on any atom is -0.378 e. The van der Waals surface area contributed by atoms with E-state index in [0.29, 0.717) is 38.4 Å². The summed E-state index contributed by atoms with van der Waals surface area (Å²) in [6, 6.07) is 15.3. The molecular formula is C24H32FN4O2+. The normalized spacial score (nSPS) is 18.2. The average molecular weight is 428 g/mol. The van der Waals surface area contributed by atoms with E-state index in [2.05, 4.69) is 36.2 Å². The number of hydrogen-bond acceptors (Lipinski definition) is 4. The van der Waals surface area contributed by atoms with Crippen LogP contribution in [-0.2, 0) is 16.1 Å². The molecule has 1 N–H and O–H groups in total. The van der Waals surface area contributed by atoms with Crippen LogP contribution in [0.25, 0.3) is 0 Å². The first kappa shape index (κ1) is 21.6. The molecule has 2 aliphatic heterocycles. The Bertz CT molecular complexity index is 879. The highest BCUT2D eigenvalue weighted by Gasteiger charge is 2.25. The van der Waals surface area contributed by atoms with Crippen molar-refractivity contribution in [2.45, 2.75) is 6.54 Å². The van der Waals surface area contributed by atoms with Crippen molar-refractivity contribution in [3.05, 3.63) is 59.9 Å². The number of ether oxygens (including phenoxy) is 1. The molecule has 0 radical (unpaired) electrons. The molecule has 0 saturated carbocycles. The Morgan fingerprint density at radius 2 is 1.52 bits per heavy atom. The second kappa shape index (κ2) is 10.1. The number of nitrogens with zero attached hydrogens (tertiary/aromatic N) is 3. The molecule has 2 aliphatic rings. The van der Waals surface area contributed by atoms with Crippen LogP contribution in [-0.4, -0.2) is 76.9 Å². The molecule has 0 aliphatic carbocycles. The summed E-state index contributed by atoms with van der Waals surface area (Å²) in [7, 11) is 2.07. The van der Waals surface area contributed by atoms with Gasteiger partial charge < -0.3 is 24.3 Å². The maximum absolute atomic E-state index is 14.0. The molecule has 2 saturated heterocycles. The van der Waals surface area contributed by atoms with Crippen molar-refractivity contribution in [3.63, 3.8) is 0 Å². The Labute approximate surface area is 183 Å². The van der Waals surface area contributed by atoms with Gasteiger partial charge in [-0.05, 0) is 18.2 Å². The largest absolute Gasteiger partial charge is 0.378 e. The molecule has 2 heterocycles. The lowest BCUT2D eigenvalue weighted by atomic mass is 10.1. The lowest BCUT2D eigenvalue weighted by Gasteiger charge is -2.36. The Morgan fingerprint density at radius 3 is 2.23 bits per heavy atom. The van der Waals surface area contributed by atoms with E-state index >= 15 is 0 Å². The number of carbonyl (C=O) groups is 1. The van der Waals surface area contributed by atoms with E-state index in [4.69, 9.17) is 4.74 Å². The van der Waals surface area contributed by atoms with E-state index in [1.807, 2.05) is 15.9 Å². The fourth-order valence-corrected chi connectivity index (χ4v) is 4.44. The zero-order chi connectivity index (χ0) is 21.6. The third-order valence-electron chi connectivity index (χ3n) is 6.11. The van der Waals surface area contributed by atoms with Gasteiger partial charge in [0.25, 0.3) is 5.91 Å². The zero-order valence-electron chi connectivity index (χ0n) is 18.2. The molecule has 1 unspecified atom stereocenters. The van der Waals surface area contributed by atoms with Gasteiger partial charge in [-0.2, -0.15) is 0 Å². The van der Waals surface area contributed by atoms with Crippen LogP contribution >= 0.6 is 0 Å². The van der Waals surface area contributed by atoms with Crippen LogP contribution in [0.15, 0.2) is 48.5 Å². The highest BCUT2D eigenvalue weighted by Crippen LogP contribution is 2.21.